The number of rotatable bonds is 11. The van der Waals surface area contributed by atoms with Crippen molar-refractivity contribution in [1.29, 1.82) is 0 Å². The van der Waals surface area contributed by atoms with Crippen molar-refractivity contribution in [2.24, 2.45) is 5.92 Å². The van der Waals surface area contributed by atoms with Crippen LogP contribution in [0.3, 0.4) is 0 Å². The summed E-state index contributed by atoms with van der Waals surface area (Å²) in [5, 5.41) is 0. The molecule has 1 aromatic heterocycles. The van der Waals surface area contributed by atoms with E-state index in [1.54, 1.807) is 13.0 Å². The Morgan fingerprint density at radius 3 is 1.95 bits per heavy atom. The second kappa shape index (κ2) is 26.1. The van der Waals surface area contributed by atoms with Crippen molar-refractivity contribution in [1.82, 2.24) is 4.98 Å². The molecule has 0 saturated carbocycles. The normalized spacial score (nSPS) is 11.1. The van der Waals surface area contributed by atoms with E-state index in [1.807, 2.05) is 66.8 Å². The van der Waals surface area contributed by atoms with Crippen LogP contribution in [0.4, 0.5) is 4.39 Å². The fourth-order valence-electron chi connectivity index (χ4n) is 3.49. The van der Waals surface area contributed by atoms with Gasteiger partial charge in [0.05, 0.1) is 6.61 Å². The molecule has 240 valence electrons. The fraction of sp³-hybridized carbons (Fsp3) is 0.564. The highest BCUT2D eigenvalue weighted by molar-refractivity contribution is 5.63. The number of aryl methyl sites for hydroxylation is 3. The number of halogens is 1. The number of hydrogen-bond acceptors (Lipinski definition) is 2. The molecule has 0 aliphatic carbocycles. The highest BCUT2D eigenvalue weighted by Crippen LogP contribution is 2.33. The van der Waals surface area contributed by atoms with Crippen LogP contribution in [0.5, 0.6) is 0 Å². The van der Waals surface area contributed by atoms with Crippen molar-refractivity contribution >= 4 is 5.57 Å². The van der Waals surface area contributed by atoms with E-state index in [4.69, 9.17) is 4.74 Å². The molecule has 1 aromatic carbocycles. The van der Waals surface area contributed by atoms with Crippen LogP contribution < -0.4 is 0 Å². The first-order valence-electron chi connectivity index (χ1n) is 16.0. The van der Waals surface area contributed by atoms with Crippen LogP contribution in [0, 0.1) is 19.8 Å². The van der Waals surface area contributed by atoms with Crippen LogP contribution in [-0.4, -0.2) is 11.6 Å². The van der Waals surface area contributed by atoms with Crippen molar-refractivity contribution in [3.63, 3.8) is 0 Å². The van der Waals surface area contributed by atoms with Crippen LogP contribution in [0.25, 0.3) is 5.57 Å². The van der Waals surface area contributed by atoms with Crippen LogP contribution in [0.15, 0.2) is 61.8 Å². The third-order valence-electron chi connectivity index (χ3n) is 6.90. The Morgan fingerprint density at radius 2 is 1.60 bits per heavy atom. The van der Waals surface area contributed by atoms with Crippen molar-refractivity contribution in [3.8, 4) is 0 Å². The van der Waals surface area contributed by atoms with Gasteiger partial charge in [0.2, 0.25) is 0 Å². The molecule has 0 aliphatic heterocycles. The van der Waals surface area contributed by atoms with Gasteiger partial charge in [0.15, 0.2) is 0 Å². The standard InChI is InChI=1S/C16H25FO.C10H13N.C6H14.C5H8.C2H6/c1-5-11-18-12-14-13(6-2)9-8-10-15(14)16(4,17)7-3;1-7(2)10-5-8(3)6-11-9(10)4;1-4-6(3)5-2;1-4-5(2)3;1-2/h8-10H,5-7,11-12H2,1-4H3;5-6H,1H2,2-4H3;6H,4-5H2,1-3H3;4H,1-2H2,3H3;1-2H3. The highest BCUT2D eigenvalue weighted by Gasteiger charge is 2.27. The minimum atomic E-state index is -1.27. The maximum absolute atomic E-state index is 14.6. The largest absolute Gasteiger partial charge is 0.377 e. The average molecular weight is 584 g/mol. The van der Waals surface area contributed by atoms with Gasteiger partial charge in [-0.25, -0.2) is 4.39 Å². The van der Waals surface area contributed by atoms with Crippen molar-refractivity contribution < 1.29 is 9.13 Å². The van der Waals surface area contributed by atoms with E-state index in [0.717, 1.165) is 53.3 Å². The number of hydrogen-bond donors (Lipinski definition) is 0. The molecule has 3 heteroatoms. The third-order valence-corrected chi connectivity index (χ3v) is 6.90. The van der Waals surface area contributed by atoms with E-state index in [0.29, 0.717) is 13.0 Å². The Balaban J connectivity index is -0.000000537. The molecule has 2 aromatic rings. The molecule has 0 spiro atoms. The number of aromatic nitrogens is 1. The van der Waals surface area contributed by atoms with E-state index in [2.05, 4.69) is 71.5 Å². The average Bonchev–Trinajstić information content (AvgIpc) is 2.99. The molecule has 1 unspecified atom stereocenters. The van der Waals surface area contributed by atoms with Gasteiger partial charge in [-0.2, -0.15) is 0 Å². The molecule has 0 saturated heterocycles. The van der Waals surface area contributed by atoms with E-state index in [1.165, 1.54) is 29.5 Å². The summed E-state index contributed by atoms with van der Waals surface area (Å²) in [5.41, 5.74) is 7.28. The summed E-state index contributed by atoms with van der Waals surface area (Å²) in [6, 6.07) is 8.03. The first-order valence-corrected chi connectivity index (χ1v) is 16.0. The van der Waals surface area contributed by atoms with Gasteiger partial charge in [0.25, 0.3) is 0 Å². The van der Waals surface area contributed by atoms with E-state index >= 15 is 0 Å². The highest BCUT2D eigenvalue weighted by atomic mass is 19.1. The number of alkyl halides is 1. The van der Waals surface area contributed by atoms with Crippen molar-refractivity contribution in [2.45, 2.75) is 134 Å². The topological polar surface area (TPSA) is 22.1 Å². The molecular weight excluding hydrogens is 517 g/mol. The summed E-state index contributed by atoms with van der Waals surface area (Å²) in [7, 11) is 0. The zero-order valence-corrected chi connectivity index (χ0v) is 29.8. The zero-order valence-electron chi connectivity index (χ0n) is 29.8. The molecule has 2 nitrogen and oxygen atoms in total. The summed E-state index contributed by atoms with van der Waals surface area (Å²) >= 11 is 0. The first kappa shape index (κ1) is 43.9. The summed E-state index contributed by atoms with van der Waals surface area (Å²) in [6.07, 6.45) is 8.65. The minimum absolute atomic E-state index is 0.487. The Hall–Kier alpha value is -2.52. The summed E-state index contributed by atoms with van der Waals surface area (Å²) < 4.78 is 20.2. The van der Waals surface area contributed by atoms with Gasteiger partial charge >= 0.3 is 0 Å². The molecular formula is C39H66FNO. The second-order valence-corrected chi connectivity index (χ2v) is 10.8. The Kier molecular flexibility index (Phi) is 27.3. The van der Waals surface area contributed by atoms with E-state index < -0.39 is 5.67 Å². The molecule has 2 rings (SSSR count). The van der Waals surface area contributed by atoms with Crippen LogP contribution in [-0.2, 0) is 23.4 Å². The van der Waals surface area contributed by atoms with Gasteiger partial charge in [0.1, 0.15) is 5.67 Å². The van der Waals surface area contributed by atoms with Gasteiger partial charge in [-0.15, -0.1) is 0 Å². The van der Waals surface area contributed by atoms with Crippen molar-refractivity contribution in [3.05, 3.63) is 95.4 Å². The number of benzene rings is 1. The van der Waals surface area contributed by atoms with Gasteiger partial charge in [-0.3, -0.25) is 4.98 Å². The number of pyridine rings is 1. The number of nitrogens with zero attached hydrogens (tertiary/aromatic N) is 1. The molecule has 0 radical (unpaired) electrons. The van der Waals surface area contributed by atoms with Gasteiger partial charge in [-0.05, 0) is 99.3 Å². The molecule has 0 N–H and O–H groups in total. The number of allylic oxidation sites excluding steroid dienone is 3. The monoisotopic (exact) mass is 584 g/mol. The smallest absolute Gasteiger partial charge is 0.133 e. The Morgan fingerprint density at radius 1 is 1.05 bits per heavy atom. The lowest BCUT2D eigenvalue weighted by atomic mass is 9.88. The predicted octanol–water partition coefficient (Wildman–Crippen LogP) is 12.7. The van der Waals surface area contributed by atoms with Gasteiger partial charge in [0, 0.05) is 18.5 Å². The third kappa shape index (κ3) is 19.6. The van der Waals surface area contributed by atoms with Crippen LogP contribution >= 0.6 is 0 Å². The molecule has 0 fully saturated rings. The maximum Gasteiger partial charge on any atom is 0.133 e. The minimum Gasteiger partial charge on any atom is -0.377 e. The maximum atomic E-state index is 14.6. The van der Waals surface area contributed by atoms with Crippen LogP contribution in [0.2, 0.25) is 0 Å². The molecule has 0 amide bonds. The zero-order chi connectivity index (χ0) is 33.3. The van der Waals surface area contributed by atoms with Crippen molar-refractivity contribution in [2.75, 3.05) is 6.61 Å². The molecule has 1 heterocycles. The quantitative estimate of drug-likeness (QED) is 0.194. The lowest BCUT2D eigenvalue weighted by molar-refractivity contribution is 0.115. The summed E-state index contributed by atoms with van der Waals surface area (Å²) in [6.45, 7) is 38.6. The van der Waals surface area contributed by atoms with Crippen LogP contribution in [0.1, 0.15) is 135 Å². The van der Waals surface area contributed by atoms with Gasteiger partial charge in [-0.1, -0.05) is 118 Å². The lowest BCUT2D eigenvalue weighted by Crippen LogP contribution is -2.18. The van der Waals surface area contributed by atoms with E-state index in [9.17, 15) is 4.39 Å². The molecule has 0 bridgehead atoms. The summed E-state index contributed by atoms with van der Waals surface area (Å²) in [4.78, 5) is 4.24. The molecule has 42 heavy (non-hydrogen) atoms. The number of ether oxygens (including phenoxy) is 1. The van der Waals surface area contributed by atoms with E-state index in [-0.39, 0.29) is 0 Å². The Labute approximate surface area is 261 Å². The fourth-order valence-corrected chi connectivity index (χ4v) is 3.49. The predicted molar refractivity (Wildman–Crippen MR) is 189 cm³/mol. The Bertz CT molecular complexity index is 1000. The molecule has 0 aliphatic rings. The second-order valence-electron chi connectivity index (χ2n) is 10.8. The lowest BCUT2D eigenvalue weighted by Gasteiger charge is -2.24. The first-order chi connectivity index (χ1) is 19.8. The SMILES string of the molecule is C=C(C)c1cc(C)cnc1C.C=CC(=C)C.CC.CCC(C)CC.CCCOCc1c(CC)cccc1C(C)(F)CC. The van der Waals surface area contributed by atoms with Gasteiger partial charge < -0.3 is 4.74 Å². The summed E-state index contributed by atoms with van der Waals surface area (Å²) in [5.74, 6) is 0.935. The molecule has 1 atom stereocenters.